The Morgan fingerprint density at radius 1 is 1.24 bits per heavy atom. The molecule has 2 aromatic rings. The minimum absolute atomic E-state index is 0.158. The molecule has 3 rings (SSSR count). The smallest absolute Gasteiger partial charge is 0.391 e. The second kappa shape index (κ2) is 7.38. The van der Waals surface area contributed by atoms with Crippen LogP contribution in [0.25, 0.3) is 0 Å². The van der Waals surface area contributed by atoms with Gasteiger partial charge in [-0.25, -0.2) is 18.4 Å². The van der Waals surface area contributed by atoms with Crippen LogP contribution in [0.2, 0.25) is 0 Å². The Morgan fingerprint density at radius 2 is 1.86 bits per heavy atom. The highest BCUT2D eigenvalue weighted by molar-refractivity contribution is 7.91. The highest BCUT2D eigenvalue weighted by atomic mass is 32.2. The predicted octanol–water partition coefficient (Wildman–Crippen LogP) is 1.79. The number of piperazine rings is 1. The molecular weight excluding hydrogens is 431 g/mol. The van der Waals surface area contributed by atoms with Crippen LogP contribution in [0, 0.1) is 0 Å². The maximum atomic E-state index is 12.9. The van der Waals surface area contributed by atoms with Crippen LogP contribution in [0.3, 0.4) is 0 Å². The second-order valence-corrected chi connectivity index (χ2v) is 10.2. The van der Waals surface area contributed by atoms with Crippen molar-refractivity contribution in [2.45, 2.75) is 35.9 Å². The molecule has 0 amide bonds. The first-order chi connectivity index (χ1) is 13.3. The zero-order chi connectivity index (χ0) is 21.6. The van der Waals surface area contributed by atoms with Crippen LogP contribution in [0.5, 0.6) is 0 Å². The van der Waals surface area contributed by atoms with Gasteiger partial charge in [0.2, 0.25) is 5.95 Å². The topological polar surface area (TPSA) is 113 Å². The molecular formula is C16H20F3N5O3S2. The van der Waals surface area contributed by atoms with E-state index in [1.165, 1.54) is 16.4 Å². The van der Waals surface area contributed by atoms with E-state index >= 15 is 0 Å². The summed E-state index contributed by atoms with van der Waals surface area (Å²) in [5.41, 5.74) is 2.09. The van der Waals surface area contributed by atoms with Crippen molar-refractivity contribution in [1.82, 2.24) is 14.3 Å². The van der Waals surface area contributed by atoms with Crippen LogP contribution in [0.15, 0.2) is 28.7 Å². The fraction of sp³-hybridized carbons (Fsp3) is 0.500. The maximum Gasteiger partial charge on any atom is 0.421 e. The molecule has 0 radical (unpaired) electrons. The Kier molecular flexibility index (Phi) is 5.53. The van der Waals surface area contributed by atoms with E-state index in [1.54, 1.807) is 11.8 Å². The van der Waals surface area contributed by atoms with Crippen LogP contribution in [0.4, 0.5) is 24.1 Å². The van der Waals surface area contributed by atoms with E-state index in [-0.39, 0.29) is 35.8 Å². The third-order valence-corrected chi connectivity index (χ3v) is 8.04. The summed E-state index contributed by atoms with van der Waals surface area (Å²) < 4.78 is 65.8. The van der Waals surface area contributed by atoms with Gasteiger partial charge in [-0.15, -0.1) is 11.3 Å². The highest BCUT2D eigenvalue weighted by Crippen LogP contribution is 2.38. The largest absolute Gasteiger partial charge is 0.421 e. The molecule has 0 bridgehead atoms. The lowest BCUT2D eigenvalue weighted by Crippen LogP contribution is -2.54. The van der Waals surface area contributed by atoms with Crippen molar-refractivity contribution in [1.29, 1.82) is 0 Å². The van der Waals surface area contributed by atoms with Crippen molar-refractivity contribution in [2.24, 2.45) is 0 Å². The Balaban J connectivity index is 1.75. The Hall–Kier alpha value is -1.96. The highest BCUT2D eigenvalue weighted by Gasteiger charge is 2.51. The third-order valence-electron chi connectivity index (χ3n) is 4.80. The SMILES string of the molecule is C[C@H]1CN(S(=O)(=O)c2ccc(N)s2)CCN1c1ncc([C@](C)(O)C(F)(F)F)cn1. The second-order valence-electron chi connectivity index (χ2n) is 6.90. The molecule has 2 atom stereocenters. The van der Waals surface area contributed by atoms with Crippen LogP contribution < -0.4 is 10.6 Å². The van der Waals surface area contributed by atoms with Gasteiger partial charge in [0.25, 0.3) is 10.0 Å². The van der Waals surface area contributed by atoms with E-state index in [2.05, 4.69) is 9.97 Å². The van der Waals surface area contributed by atoms with Crippen molar-refractivity contribution < 1.29 is 26.7 Å². The number of aromatic nitrogens is 2. The molecule has 3 N–H and O–H groups in total. The number of thiophene rings is 1. The summed E-state index contributed by atoms with van der Waals surface area (Å²) in [4.78, 5) is 9.62. The molecule has 1 fully saturated rings. The van der Waals surface area contributed by atoms with E-state index in [0.29, 0.717) is 11.9 Å². The van der Waals surface area contributed by atoms with Gasteiger partial charge in [-0.05, 0) is 26.0 Å². The molecule has 1 aliphatic rings. The molecule has 29 heavy (non-hydrogen) atoms. The molecule has 2 aromatic heterocycles. The van der Waals surface area contributed by atoms with Gasteiger partial charge >= 0.3 is 6.18 Å². The van der Waals surface area contributed by atoms with Gasteiger partial charge in [0, 0.05) is 43.6 Å². The van der Waals surface area contributed by atoms with Crippen LogP contribution in [-0.2, 0) is 15.6 Å². The van der Waals surface area contributed by atoms with E-state index < -0.39 is 27.4 Å². The number of aliphatic hydroxyl groups is 1. The molecule has 160 valence electrons. The van der Waals surface area contributed by atoms with Gasteiger partial charge in [-0.3, -0.25) is 0 Å². The normalized spacial score (nSPS) is 21.2. The summed E-state index contributed by atoms with van der Waals surface area (Å²) in [6, 6.07) is 2.67. The van der Waals surface area contributed by atoms with Gasteiger partial charge in [0.05, 0.1) is 5.00 Å². The molecule has 1 saturated heterocycles. The number of halogens is 3. The molecule has 0 saturated carbocycles. The number of sulfonamides is 1. The number of hydrogen-bond donors (Lipinski definition) is 2. The van der Waals surface area contributed by atoms with Crippen molar-refractivity contribution in [2.75, 3.05) is 30.3 Å². The molecule has 13 heteroatoms. The standard InChI is InChI=1S/C16H20F3N5O3S2/c1-10-9-23(29(26,27)13-4-3-12(20)28-13)5-6-24(10)14-21-7-11(8-22-14)15(2,25)16(17,18)19/h3-4,7-8,10,25H,5-6,9,20H2,1-2H3/t10-,15-/m0/s1. The monoisotopic (exact) mass is 451 g/mol. The lowest BCUT2D eigenvalue weighted by Gasteiger charge is -2.39. The minimum atomic E-state index is -4.86. The molecule has 0 unspecified atom stereocenters. The van der Waals surface area contributed by atoms with Crippen molar-refractivity contribution >= 4 is 32.3 Å². The van der Waals surface area contributed by atoms with Gasteiger partial charge in [-0.1, -0.05) is 0 Å². The number of hydrogen-bond acceptors (Lipinski definition) is 8. The van der Waals surface area contributed by atoms with Crippen molar-refractivity contribution in [3.63, 3.8) is 0 Å². The first-order valence-corrected chi connectivity index (χ1v) is 10.8. The number of rotatable bonds is 4. The summed E-state index contributed by atoms with van der Waals surface area (Å²) in [6.45, 7) is 2.99. The van der Waals surface area contributed by atoms with E-state index in [1.807, 2.05) is 0 Å². The number of anilines is 2. The van der Waals surface area contributed by atoms with E-state index in [0.717, 1.165) is 23.7 Å². The quantitative estimate of drug-likeness (QED) is 0.729. The van der Waals surface area contributed by atoms with Gasteiger partial charge in [-0.2, -0.15) is 17.5 Å². The van der Waals surface area contributed by atoms with Crippen molar-refractivity contribution in [3.8, 4) is 0 Å². The first-order valence-electron chi connectivity index (χ1n) is 8.58. The fourth-order valence-corrected chi connectivity index (χ4v) is 5.68. The van der Waals surface area contributed by atoms with Gasteiger partial charge in [0.1, 0.15) is 4.21 Å². The average Bonchev–Trinajstić information content (AvgIpc) is 3.08. The number of nitrogens with two attached hydrogens (primary N) is 1. The zero-order valence-corrected chi connectivity index (χ0v) is 17.2. The van der Waals surface area contributed by atoms with Crippen molar-refractivity contribution in [3.05, 3.63) is 30.1 Å². The molecule has 8 nitrogen and oxygen atoms in total. The summed E-state index contributed by atoms with van der Waals surface area (Å²) in [6.07, 6.45) is -3.00. The summed E-state index contributed by atoms with van der Waals surface area (Å²) in [5.74, 6) is 0.164. The average molecular weight is 451 g/mol. The fourth-order valence-electron chi connectivity index (χ4n) is 2.92. The molecule has 0 aliphatic carbocycles. The van der Waals surface area contributed by atoms with Crippen LogP contribution >= 0.6 is 11.3 Å². The number of nitrogens with zero attached hydrogens (tertiary/aromatic N) is 4. The number of alkyl halides is 3. The third kappa shape index (κ3) is 4.04. The Bertz CT molecular complexity index is 976. The van der Waals surface area contributed by atoms with Gasteiger partial charge < -0.3 is 15.7 Å². The summed E-state index contributed by atoms with van der Waals surface area (Å²) >= 11 is 0.987. The lowest BCUT2D eigenvalue weighted by molar-refractivity contribution is -0.259. The van der Waals surface area contributed by atoms with Gasteiger partial charge in [0.15, 0.2) is 5.60 Å². The van der Waals surface area contributed by atoms with E-state index in [9.17, 15) is 26.7 Å². The maximum absolute atomic E-state index is 12.9. The first kappa shape index (κ1) is 21.7. The summed E-state index contributed by atoms with van der Waals surface area (Å²) in [5, 5.41) is 10.1. The zero-order valence-electron chi connectivity index (χ0n) is 15.6. The predicted molar refractivity (Wildman–Crippen MR) is 102 cm³/mol. The number of nitrogen functional groups attached to an aromatic ring is 1. The van der Waals surface area contributed by atoms with Crippen LogP contribution in [-0.4, -0.2) is 59.6 Å². The Labute approximate surface area is 169 Å². The molecule has 0 aromatic carbocycles. The Morgan fingerprint density at radius 3 is 2.34 bits per heavy atom. The molecule has 0 spiro atoms. The summed E-state index contributed by atoms with van der Waals surface area (Å²) in [7, 11) is -3.68. The van der Waals surface area contributed by atoms with E-state index in [4.69, 9.17) is 5.73 Å². The minimum Gasteiger partial charge on any atom is -0.391 e. The van der Waals surface area contributed by atoms with Crippen LogP contribution in [0.1, 0.15) is 19.4 Å². The lowest BCUT2D eigenvalue weighted by atomic mass is 9.99. The molecule has 3 heterocycles. The molecule has 1 aliphatic heterocycles.